The van der Waals surface area contributed by atoms with E-state index in [0.29, 0.717) is 11.3 Å². The Kier molecular flexibility index (Phi) is 6.19. The smallest absolute Gasteiger partial charge is 0.271 e. The van der Waals surface area contributed by atoms with Gasteiger partial charge in [-0.15, -0.1) is 11.3 Å². The van der Waals surface area contributed by atoms with Crippen LogP contribution < -0.4 is 15.6 Å². The zero-order chi connectivity index (χ0) is 21.0. The van der Waals surface area contributed by atoms with E-state index >= 15 is 0 Å². The van der Waals surface area contributed by atoms with Crippen molar-refractivity contribution in [3.8, 4) is 0 Å². The van der Waals surface area contributed by atoms with Crippen LogP contribution in [0.2, 0.25) is 0 Å². The van der Waals surface area contributed by atoms with Gasteiger partial charge in [0.1, 0.15) is 4.21 Å². The van der Waals surface area contributed by atoms with Crippen LogP contribution in [-0.4, -0.2) is 19.3 Å². The molecule has 7 nitrogen and oxygen atoms in total. The molecule has 0 spiro atoms. The first kappa shape index (κ1) is 20.8. The predicted octanol–water partition coefficient (Wildman–Crippen LogP) is 2.71. The van der Waals surface area contributed by atoms with Crippen molar-refractivity contribution < 1.29 is 13.2 Å². The number of hydrogen-bond donors (Lipinski definition) is 3. The van der Waals surface area contributed by atoms with Crippen LogP contribution in [0.25, 0.3) is 0 Å². The van der Waals surface area contributed by atoms with E-state index < -0.39 is 10.0 Å². The summed E-state index contributed by atoms with van der Waals surface area (Å²) in [5, 5.41) is 4.45. The summed E-state index contributed by atoms with van der Waals surface area (Å²) >= 11 is 1.14. The number of aromatic amines is 1. The maximum absolute atomic E-state index is 12.2. The molecule has 1 amide bonds. The molecule has 9 heteroatoms. The fraction of sp³-hybridized carbons (Fsp3) is 0.200. The summed E-state index contributed by atoms with van der Waals surface area (Å²) in [5.41, 5.74) is 3.08. The van der Waals surface area contributed by atoms with Crippen LogP contribution in [0, 0.1) is 13.8 Å². The Bertz CT molecular complexity index is 1170. The molecule has 152 valence electrons. The third kappa shape index (κ3) is 5.33. The highest BCUT2D eigenvalue weighted by atomic mass is 32.2. The number of aromatic nitrogens is 1. The highest BCUT2D eigenvalue weighted by molar-refractivity contribution is 7.94. The van der Waals surface area contributed by atoms with Gasteiger partial charge in [-0.1, -0.05) is 18.2 Å². The summed E-state index contributed by atoms with van der Waals surface area (Å²) in [7, 11) is -3.60. The second-order valence-electron chi connectivity index (χ2n) is 6.63. The van der Waals surface area contributed by atoms with Gasteiger partial charge in [-0.3, -0.25) is 14.3 Å². The number of rotatable bonds is 7. The minimum Gasteiger partial charge on any atom is -0.352 e. The van der Waals surface area contributed by atoms with E-state index in [9.17, 15) is 18.0 Å². The number of aryl methyl sites for hydroxylation is 2. The summed E-state index contributed by atoms with van der Waals surface area (Å²) in [4.78, 5) is 26.9. The van der Waals surface area contributed by atoms with E-state index in [-0.39, 0.29) is 28.6 Å². The molecule has 0 radical (unpaired) electrons. The fourth-order valence-corrected chi connectivity index (χ4v) is 4.90. The molecule has 0 aliphatic heterocycles. The second-order valence-corrected chi connectivity index (χ2v) is 9.49. The van der Waals surface area contributed by atoms with Crippen molar-refractivity contribution in [2.75, 3.05) is 4.72 Å². The van der Waals surface area contributed by atoms with Crippen molar-refractivity contribution in [2.24, 2.45) is 0 Å². The molecule has 0 aliphatic rings. The molecule has 0 bridgehead atoms. The summed E-state index contributed by atoms with van der Waals surface area (Å²) < 4.78 is 27.2. The lowest BCUT2D eigenvalue weighted by molar-refractivity contribution is -0.120. The second kappa shape index (κ2) is 8.62. The molecule has 0 atom stereocenters. The lowest BCUT2D eigenvalue weighted by atomic mass is 10.1. The third-order valence-electron chi connectivity index (χ3n) is 4.29. The van der Waals surface area contributed by atoms with Crippen molar-refractivity contribution in [2.45, 2.75) is 31.0 Å². The van der Waals surface area contributed by atoms with Gasteiger partial charge < -0.3 is 10.3 Å². The Morgan fingerprint density at radius 1 is 1.14 bits per heavy atom. The van der Waals surface area contributed by atoms with Crippen LogP contribution in [0.5, 0.6) is 0 Å². The number of hydrogen-bond acceptors (Lipinski definition) is 5. The highest BCUT2D eigenvalue weighted by Gasteiger charge is 2.15. The number of sulfonamides is 1. The molecule has 3 aromatic rings. The van der Waals surface area contributed by atoms with E-state index in [1.54, 1.807) is 42.6 Å². The molecule has 2 aromatic heterocycles. The standard InChI is InChI=1S/C20H21N3O4S2/c1-13-10-14(2)22-20(25)17(13)12-21-18(24)11-15-5-7-16(8-6-15)23-29(26,27)19-4-3-9-28-19/h3-10,23H,11-12H2,1-2H3,(H,21,24)(H,22,25). The van der Waals surface area contributed by atoms with Crippen LogP contribution in [0.1, 0.15) is 22.4 Å². The molecule has 2 heterocycles. The summed E-state index contributed by atoms with van der Waals surface area (Å²) in [6.07, 6.45) is 0.126. The first-order chi connectivity index (χ1) is 13.7. The van der Waals surface area contributed by atoms with Gasteiger partial charge in [0.2, 0.25) is 5.91 Å². The van der Waals surface area contributed by atoms with Gasteiger partial charge in [0.05, 0.1) is 6.42 Å². The highest BCUT2D eigenvalue weighted by Crippen LogP contribution is 2.20. The van der Waals surface area contributed by atoms with Crippen molar-refractivity contribution in [1.29, 1.82) is 0 Å². The minimum atomic E-state index is -3.60. The Hall–Kier alpha value is -2.91. The van der Waals surface area contributed by atoms with Gasteiger partial charge >= 0.3 is 0 Å². The first-order valence-electron chi connectivity index (χ1n) is 8.86. The molecule has 3 N–H and O–H groups in total. The van der Waals surface area contributed by atoms with Crippen molar-refractivity contribution >= 4 is 33.0 Å². The number of pyridine rings is 1. The molecule has 29 heavy (non-hydrogen) atoms. The average Bonchev–Trinajstić information content (AvgIpc) is 3.18. The Morgan fingerprint density at radius 2 is 1.86 bits per heavy atom. The number of nitrogens with one attached hydrogen (secondary N) is 3. The van der Waals surface area contributed by atoms with Crippen LogP contribution in [0.3, 0.4) is 0 Å². The van der Waals surface area contributed by atoms with E-state index in [2.05, 4.69) is 15.0 Å². The SMILES string of the molecule is Cc1cc(C)c(CNC(=O)Cc2ccc(NS(=O)(=O)c3cccs3)cc2)c(=O)[nH]1. The first-order valence-corrected chi connectivity index (χ1v) is 11.2. The molecular weight excluding hydrogens is 410 g/mol. The average molecular weight is 432 g/mol. The maximum Gasteiger partial charge on any atom is 0.271 e. The number of amides is 1. The predicted molar refractivity (Wildman–Crippen MR) is 114 cm³/mol. The quantitative estimate of drug-likeness (QED) is 0.534. The molecule has 1 aromatic carbocycles. The molecule has 0 saturated heterocycles. The Balaban J connectivity index is 1.58. The zero-order valence-electron chi connectivity index (χ0n) is 16.0. The largest absolute Gasteiger partial charge is 0.352 e. The van der Waals surface area contributed by atoms with E-state index in [1.165, 1.54) is 6.07 Å². The molecular formula is C20H21N3O4S2. The van der Waals surface area contributed by atoms with Gasteiger partial charge in [-0.05, 0) is 54.6 Å². The number of H-pyrrole nitrogens is 1. The summed E-state index contributed by atoms with van der Waals surface area (Å²) in [6.45, 7) is 3.79. The normalized spacial score (nSPS) is 11.2. The minimum absolute atomic E-state index is 0.126. The summed E-state index contributed by atoms with van der Waals surface area (Å²) in [5.74, 6) is -0.226. The Morgan fingerprint density at radius 3 is 2.48 bits per heavy atom. The molecule has 0 saturated carbocycles. The number of benzene rings is 1. The topological polar surface area (TPSA) is 108 Å². The number of carbonyl (C=O) groups is 1. The molecule has 0 unspecified atom stereocenters. The van der Waals surface area contributed by atoms with Crippen LogP contribution >= 0.6 is 11.3 Å². The number of anilines is 1. The van der Waals surface area contributed by atoms with Gasteiger partial charge in [-0.2, -0.15) is 0 Å². The maximum atomic E-state index is 12.2. The van der Waals surface area contributed by atoms with Crippen LogP contribution in [-0.2, 0) is 27.8 Å². The van der Waals surface area contributed by atoms with Crippen LogP contribution in [0.15, 0.2) is 56.8 Å². The molecule has 0 aliphatic carbocycles. The van der Waals surface area contributed by atoms with Gasteiger partial charge in [0, 0.05) is 23.5 Å². The number of thiophene rings is 1. The number of carbonyl (C=O) groups excluding carboxylic acids is 1. The monoisotopic (exact) mass is 431 g/mol. The van der Waals surface area contributed by atoms with E-state index in [0.717, 1.165) is 28.2 Å². The Labute approximate surface area is 172 Å². The zero-order valence-corrected chi connectivity index (χ0v) is 17.6. The lowest BCUT2D eigenvalue weighted by Crippen LogP contribution is -2.29. The van der Waals surface area contributed by atoms with E-state index in [1.807, 2.05) is 13.0 Å². The van der Waals surface area contributed by atoms with Crippen LogP contribution in [0.4, 0.5) is 5.69 Å². The van der Waals surface area contributed by atoms with Crippen molar-refractivity contribution in [1.82, 2.24) is 10.3 Å². The van der Waals surface area contributed by atoms with Crippen molar-refractivity contribution in [3.63, 3.8) is 0 Å². The van der Waals surface area contributed by atoms with Gasteiger partial charge in [0.25, 0.3) is 15.6 Å². The third-order valence-corrected chi connectivity index (χ3v) is 7.07. The fourth-order valence-electron chi connectivity index (χ4n) is 2.85. The van der Waals surface area contributed by atoms with Gasteiger partial charge in [0.15, 0.2) is 0 Å². The lowest BCUT2D eigenvalue weighted by Gasteiger charge is -2.09. The summed E-state index contributed by atoms with van der Waals surface area (Å²) in [6, 6.07) is 11.7. The molecule has 0 fully saturated rings. The van der Waals surface area contributed by atoms with E-state index in [4.69, 9.17) is 0 Å². The van der Waals surface area contributed by atoms with Crippen molar-refractivity contribution in [3.05, 3.63) is 80.6 Å². The molecule has 3 rings (SSSR count). The van der Waals surface area contributed by atoms with Gasteiger partial charge in [-0.25, -0.2) is 8.42 Å².